The highest BCUT2D eigenvalue weighted by Gasteiger charge is 2.23. The number of hydrogen-bond acceptors (Lipinski definition) is 2. The minimum Gasteiger partial charge on any atom is -0.342 e. The highest BCUT2D eigenvalue weighted by Crippen LogP contribution is 2.24. The summed E-state index contributed by atoms with van der Waals surface area (Å²) in [6.07, 6.45) is 7.68. The number of rotatable bonds is 6. The molecule has 0 radical (unpaired) electrons. The lowest BCUT2D eigenvalue weighted by Crippen LogP contribution is -2.41. The van der Waals surface area contributed by atoms with E-state index in [0.717, 1.165) is 25.4 Å². The van der Waals surface area contributed by atoms with Gasteiger partial charge < -0.3 is 10.6 Å². The second-order valence-electron chi connectivity index (χ2n) is 5.43. The summed E-state index contributed by atoms with van der Waals surface area (Å²) in [7, 11) is 0. The molecule has 1 aliphatic rings. The van der Waals surface area contributed by atoms with Gasteiger partial charge in [0.05, 0.1) is 0 Å². The number of nitrogens with zero attached hydrogens (tertiary/aromatic N) is 1. The maximum Gasteiger partial charge on any atom is 0.226 e. The van der Waals surface area contributed by atoms with Crippen LogP contribution in [0, 0.1) is 11.8 Å². The summed E-state index contributed by atoms with van der Waals surface area (Å²) in [6, 6.07) is 0. The zero-order valence-electron chi connectivity index (χ0n) is 11.5. The van der Waals surface area contributed by atoms with Crippen molar-refractivity contribution in [2.45, 2.75) is 52.4 Å². The van der Waals surface area contributed by atoms with E-state index in [2.05, 4.69) is 6.92 Å². The predicted octanol–water partition coefficient (Wildman–Crippen LogP) is 2.40. The quantitative estimate of drug-likeness (QED) is 0.775. The first kappa shape index (κ1) is 14.5. The van der Waals surface area contributed by atoms with Crippen molar-refractivity contribution in [2.24, 2.45) is 17.6 Å². The van der Waals surface area contributed by atoms with E-state index < -0.39 is 0 Å². The fraction of sp³-hybridized carbons (Fsp3) is 0.929. The van der Waals surface area contributed by atoms with Crippen LogP contribution in [0.4, 0.5) is 0 Å². The molecule has 1 amide bonds. The lowest BCUT2D eigenvalue weighted by molar-refractivity contribution is -0.135. The van der Waals surface area contributed by atoms with Gasteiger partial charge in [-0.25, -0.2) is 0 Å². The van der Waals surface area contributed by atoms with Crippen LogP contribution in [0.15, 0.2) is 0 Å². The monoisotopic (exact) mass is 240 g/mol. The Bertz CT molecular complexity index is 224. The highest BCUT2D eigenvalue weighted by molar-refractivity contribution is 5.78. The topological polar surface area (TPSA) is 46.3 Å². The largest absolute Gasteiger partial charge is 0.342 e. The highest BCUT2D eigenvalue weighted by atomic mass is 16.2. The van der Waals surface area contributed by atoms with Crippen molar-refractivity contribution in [1.29, 1.82) is 0 Å². The molecule has 1 aliphatic carbocycles. The van der Waals surface area contributed by atoms with Crippen LogP contribution in [-0.2, 0) is 4.79 Å². The smallest absolute Gasteiger partial charge is 0.226 e. The van der Waals surface area contributed by atoms with Crippen LogP contribution >= 0.6 is 0 Å². The van der Waals surface area contributed by atoms with Crippen LogP contribution in [-0.4, -0.2) is 30.4 Å². The van der Waals surface area contributed by atoms with Gasteiger partial charge >= 0.3 is 0 Å². The fourth-order valence-corrected chi connectivity index (χ4v) is 2.66. The molecule has 3 heteroatoms. The van der Waals surface area contributed by atoms with Crippen molar-refractivity contribution in [1.82, 2.24) is 4.90 Å². The summed E-state index contributed by atoms with van der Waals surface area (Å²) in [6.45, 7) is 6.38. The molecule has 3 nitrogen and oxygen atoms in total. The van der Waals surface area contributed by atoms with Crippen molar-refractivity contribution in [3.63, 3.8) is 0 Å². The average molecular weight is 240 g/mol. The number of hydrogen-bond donors (Lipinski definition) is 1. The van der Waals surface area contributed by atoms with Gasteiger partial charge in [0.2, 0.25) is 5.91 Å². The van der Waals surface area contributed by atoms with Gasteiger partial charge in [0, 0.05) is 25.6 Å². The van der Waals surface area contributed by atoms with Crippen molar-refractivity contribution >= 4 is 5.91 Å². The molecule has 0 saturated heterocycles. The van der Waals surface area contributed by atoms with Gasteiger partial charge in [0.1, 0.15) is 0 Å². The minimum absolute atomic E-state index is 0.0230. The molecular formula is C14H28N2O. The minimum atomic E-state index is -0.0230. The van der Waals surface area contributed by atoms with Gasteiger partial charge in [0.15, 0.2) is 0 Å². The lowest BCUT2D eigenvalue weighted by Gasteiger charge is -2.31. The van der Waals surface area contributed by atoms with Crippen molar-refractivity contribution in [3.05, 3.63) is 0 Å². The molecule has 0 aromatic carbocycles. The molecule has 1 atom stereocenters. The lowest BCUT2D eigenvalue weighted by atomic mass is 9.88. The van der Waals surface area contributed by atoms with Crippen molar-refractivity contribution < 1.29 is 4.79 Å². The van der Waals surface area contributed by atoms with E-state index in [1.807, 2.05) is 11.8 Å². The Morgan fingerprint density at radius 1 is 1.35 bits per heavy atom. The third-order valence-electron chi connectivity index (χ3n) is 3.78. The SMILES string of the molecule is CCCN(CC1CCCCC1)C(=O)C(C)CN. The Balaban J connectivity index is 2.48. The standard InChI is InChI=1S/C14H28N2O/c1-3-9-16(14(17)12(2)10-15)11-13-7-5-4-6-8-13/h12-13H,3-11,15H2,1-2H3. The molecule has 0 aromatic rings. The maximum absolute atomic E-state index is 12.2. The van der Waals surface area contributed by atoms with E-state index in [-0.39, 0.29) is 11.8 Å². The van der Waals surface area contributed by atoms with Crippen LogP contribution in [0.2, 0.25) is 0 Å². The van der Waals surface area contributed by atoms with Crippen LogP contribution in [0.25, 0.3) is 0 Å². The maximum atomic E-state index is 12.2. The zero-order chi connectivity index (χ0) is 12.7. The number of amides is 1. The Morgan fingerprint density at radius 3 is 2.53 bits per heavy atom. The number of nitrogens with two attached hydrogens (primary N) is 1. The van der Waals surface area contributed by atoms with Gasteiger partial charge in [-0.2, -0.15) is 0 Å². The third-order valence-corrected chi connectivity index (χ3v) is 3.78. The van der Waals surface area contributed by atoms with Crippen LogP contribution in [0.3, 0.4) is 0 Å². The van der Waals surface area contributed by atoms with E-state index in [9.17, 15) is 4.79 Å². The van der Waals surface area contributed by atoms with Gasteiger partial charge in [-0.05, 0) is 25.2 Å². The summed E-state index contributed by atoms with van der Waals surface area (Å²) in [5.74, 6) is 0.953. The van der Waals surface area contributed by atoms with Crippen LogP contribution in [0.5, 0.6) is 0 Å². The van der Waals surface area contributed by atoms with Crippen molar-refractivity contribution in [2.75, 3.05) is 19.6 Å². The summed E-state index contributed by atoms with van der Waals surface area (Å²) in [4.78, 5) is 14.2. The molecule has 0 heterocycles. The summed E-state index contributed by atoms with van der Waals surface area (Å²) >= 11 is 0. The third kappa shape index (κ3) is 4.66. The molecule has 1 saturated carbocycles. The number of carbonyl (C=O) groups is 1. The molecule has 1 rings (SSSR count). The molecule has 0 bridgehead atoms. The first-order valence-corrected chi connectivity index (χ1v) is 7.17. The van der Waals surface area contributed by atoms with Gasteiger partial charge in [-0.1, -0.05) is 33.1 Å². The fourth-order valence-electron chi connectivity index (χ4n) is 2.66. The predicted molar refractivity (Wildman–Crippen MR) is 71.7 cm³/mol. The van der Waals surface area contributed by atoms with Crippen LogP contribution < -0.4 is 5.73 Å². The Hall–Kier alpha value is -0.570. The second kappa shape index (κ2) is 7.70. The zero-order valence-corrected chi connectivity index (χ0v) is 11.5. The van der Waals surface area contributed by atoms with E-state index in [0.29, 0.717) is 6.54 Å². The molecule has 0 aliphatic heterocycles. The molecule has 1 unspecified atom stereocenters. The van der Waals surface area contributed by atoms with E-state index in [1.165, 1.54) is 32.1 Å². The van der Waals surface area contributed by atoms with Gasteiger partial charge in [-0.15, -0.1) is 0 Å². The first-order chi connectivity index (χ1) is 8.19. The van der Waals surface area contributed by atoms with E-state index in [4.69, 9.17) is 5.73 Å². The average Bonchev–Trinajstić information content (AvgIpc) is 2.37. The van der Waals surface area contributed by atoms with Gasteiger partial charge in [0.25, 0.3) is 0 Å². The second-order valence-corrected chi connectivity index (χ2v) is 5.43. The molecule has 17 heavy (non-hydrogen) atoms. The summed E-state index contributed by atoms with van der Waals surface area (Å²) in [5.41, 5.74) is 5.59. The summed E-state index contributed by atoms with van der Waals surface area (Å²) < 4.78 is 0. The van der Waals surface area contributed by atoms with E-state index >= 15 is 0 Å². The van der Waals surface area contributed by atoms with Crippen LogP contribution in [0.1, 0.15) is 52.4 Å². The first-order valence-electron chi connectivity index (χ1n) is 7.17. The van der Waals surface area contributed by atoms with Crippen molar-refractivity contribution in [3.8, 4) is 0 Å². The Kier molecular flexibility index (Phi) is 6.56. The summed E-state index contributed by atoms with van der Waals surface area (Å²) in [5, 5.41) is 0. The van der Waals surface area contributed by atoms with Gasteiger partial charge in [-0.3, -0.25) is 4.79 Å². The molecule has 1 fully saturated rings. The Morgan fingerprint density at radius 2 is 2.00 bits per heavy atom. The molecular weight excluding hydrogens is 212 g/mol. The molecule has 0 aromatic heterocycles. The number of carbonyl (C=O) groups excluding carboxylic acids is 1. The normalized spacial score (nSPS) is 19.0. The Labute approximate surface area is 106 Å². The molecule has 100 valence electrons. The molecule has 0 spiro atoms. The molecule has 2 N–H and O–H groups in total. The van der Waals surface area contributed by atoms with E-state index in [1.54, 1.807) is 0 Å².